The van der Waals surface area contributed by atoms with Gasteiger partial charge in [-0.3, -0.25) is 4.99 Å². The molecule has 0 aliphatic carbocycles. The summed E-state index contributed by atoms with van der Waals surface area (Å²) in [4.78, 5) is 20.6. The van der Waals surface area contributed by atoms with E-state index in [1.54, 1.807) is 14.2 Å². The number of rotatable bonds is 6. The van der Waals surface area contributed by atoms with Crippen LogP contribution < -0.4 is 15.4 Å². The van der Waals surface area contributed by atoms with Crippen molar-refractivity contribution < 1.29 is 9.53 Å². The molecule has 2 aromatic rings. The van der Waals surface area contributed by atoms with Gasteiger partial charge in [-0.1, -0.05) is 24.3 Å². The fraction of sp³-hybridized carbons (Fsp3) is 0.391. The van der Waals surface area contributed by atoms with Crippen molar-refractivity contribution in [2.24, 2.45) is 4.99 Å². The number of nitrogens with zero attached hydrogens (tertiary/aromatic N) is 3. The number of benzene rings is 2. The van der Waals surface area contributed by atoms with Crippen LogP contribution in [0.1, 0.15) is 24.0 Å². The first-order valence-corrected chi connectivity index (χ1v) is 10.3. The van der Waals surface area contributed by atoms with Crippen molar-refractivity contribution in [1.82, 2.24) is 15.1 Å². The summed E-state index contributed by atoms with van der Waals surface area (Å²) < 4.78 is 5.21. The highest BCUT2D eigenvalue weighted by Gasteiger charge is 2.17. The number of nitrogens with one attached hydrogen (secondary N) is 2. The molecule has 0 atom stereocenters. The third-order valence-electron chi connectivity index (χ3n) is 5.17. The molecule has 1 heterocycles. The second kappa shape index (κ2) is 12.4. The molecule has 0 saturated carbocycles. The van der Waals surface area contributed by atoms with Crippen molar-refractivity contribution in [3.63, 3.8) is 0 Å². The Hall–Kier alpha value is -2.49. The minimum absolute atomic E-state index is 0. The van der Waals surface area contributed by atoms with Gasteiger partial charge in [0.25, 0.3) is 0 Å². The van der Waals surface area contributed by atoms with Crippen molar-refractivity contribution >= 4 is 41.7 Å². The standard InChI is InChI=1S/C23H31N5O2.HI/c1-24-22(27(2)17-18-9-11-21(30-3)12-10-18)25-16-19-7-6-8-20(15-19)26-23(29)28-13-4-5-14-28;/h6-12,15H,4-5,13-14,16-17H2,1-3H3,(H,24,25)(H,26,29);1H. The molecule has 0 unspecified atom stereocenters. The van der Waals surface area contributed by atoms with Crippen LogP contribution in [0.2, 0.25) is 0 Å². The lowest BCUT2D eigenvalue weighted by molar-refractivity contribution is 0.222. The predicted octanol–water partition coefficient (Wildman–Crippen LogP) is 4.15. The van der Waals surface area contributed by atoms with Crippen LogP contribution in [0, 0.1) is 0 Å². The molecule has 0 spiro atoms. The monoisotopic (exact) mass is 537 g/mol. The van der Waals surface area contributed by atoms with Crippen LogP contribution in [0.5, 0.6) is 5.75 Å². The number of methoxy groups -OCH3 is 1. The maximum atomic E-state index is 12.3. The van der Waals surface area contributed by atoms with E-state index < -0.39 is 0 Å². The van der Waals surface area contributed by atoms with Crippen LogP contribution >= 0.6 is 24.0 Å². The maximum absolute atomic E-state index is 12.3. The van der Waals surface area contributed by atoms with Gasteiger partial charge in [0.1, 0.15) is 5.75 Å². The molecule has 0 bridgehead atoms. The van der Waals surface area contributed by atoms with Gasteiger partial charge in [-0.25, -0.2) is 4.79 Å². The molecular weight excluding hydrogens is 505 g/mol. The number of likely N-dealkylation sites (tertiary alicyclic amines) is 1. The van der Waals surface area contributed by atoms with E-state index in [0.29, 0.717) is 6.54 Å². The molecule has 7 nitrogen and oxygen atoms in total. The lowest BCUT2D eigenvalue weighted by atomic mass is 10.2. The van der Waals surface area contributed by atoms with Crippen LogP contribution in [0.15, 0.2) is 53.5 Å². The van der Waals surface area contributed by atoms with E-state index >= 15 is 0 Å². The highest BCUT2D eigenvalue weighted by Crippen LogP contribution is 2.15. The number of halogens is 1. The zero-order chi connectivity index (χ0) is 21.3. The number of carbonyl (C=O) groups excluding carboxylic acids is 1. The second-order valence-corrected chi connectivity index (χ2v) is 7.43. The van der Waals surface area contributed by atoms with Gasteiger partial charge in [0, 0.05) is 46.0 Å². The molecule has 168 valence electrons. The maximum Gasteiger partial charge on any atom is 0.321 e. The van der Waals surface area contributed by atoms with Crippen molar-refractivity contribution in [3.8, 4) is 5.75 Å². The summed E-state index contributed by atoms with van der Waals surface area (Å²) in [6.45, 7) is 3.02. The van der Waals surface area contributed by atoms with Crippen molar-refractivity contribution in [2.75, 3.05) is 39.6 Å². The Morgan fingerprint density at radius 3 is 2.48 bits per heavy atom. The summed E-state index contributed by atoms with van der Waals surface area (Å²) in [5.41, 5.74) is 3.06. The van der Waals surface area contributed by atoms with Crippen LogP contribution in [-0.2, 0) is 13.1 Å². The van der Waals surface area contributed by atoms with Crippen LogP contribution in [-0.4, -0.2) is 56.1 Å². The lowest BCUT2D eigenvalue weighted by Crippen LogP contribution is -2.38. The van der Waals surface area contributed by atoms with Gasteiger partial charge in [0.15, 0.2) is 5.96 Å². The summed E-state index contributed by atoms with van der Waals surface area (Å²) in [5, 5.41) is 6.39. The fourth-order valence-corrected chi connectivity index (χ4v) is 3.53. The Labute approximate surface area is 201 Å². The summed E-state index contributed by atoms with van der Waals surface area (Å²) in [5.74, 6) is 1.65. The van der Waals surface area contributed by atoms with E-state index in [0.717, 1.165) is 55.4 Å². The summed E-state index contributed by atoms with van der Waals surface area (Å²) in [7, 11) is 5.45. The van der Waals surface area contributed by atoms with Gasteiger partial charge in [0.05, 0.1) is 7.11 Å². The minimum Gasteiger partial charge on any atom is -0.497 e. The van der Waals surface area contributed by atoms with Crippen molar-refractivity contribution in [1.29, 1.82) is 0 Å². The first-order valence-electron chi connectivity index (χ1n) is 10.3. The molecule has 31 heavy (non-hydrogen) atoms. The first kappa shape index (κ1) is 24.8. The average Bonchev–Trinajstić information content (AvgIpc) is 3.30. The smallest absolute Gasteiger partial charge is 0.321 e. The average molecular weight is 537 g/mol. The highest BCUT2D eigenvalue weighted by atomic mass is 127. The molecule has 2 N–H and O–H groups in total. The number of hydrogen-bond acceptors (Lipinski definition) is 3. The Bertz CT molecular complexity index is 867. The summed E-state index contributed by atoms with van der Waals surface area (Å²) in [6.07, 6.45) is 2.17. The normalized spacial score (nSPS) is 13.4. The molecule has 1 fully saturated rings. The van der Waals surface area contributed by atoms with E-state index in [-0.39, 0.29) is 30.0 Å². The van der Waals surface area contributed by atoms with Gasteiger partial charge in [-0.2, -0.15) is 0 Å². The number of carbonyl (C=O) groups is 1. The van der Waals surface area contributed by atoms with E-state index in [1.807, 2.05) is 48.3 Å². The van der Waals surface area contributed by atoms with E-state index in [1.165, 1.54) is 5.56 Å². The fourth-order valence-electron chi connectivity index (χ4n) is 3.53. The van der Waals surface area contributed by atoms with E-state index in [2.05, 4.69) is 32.7 Å². The molecule has 2 aromatic carbocycles. The molecule has 8 heteroatoms. The SMILES string of the molecule is CN=C(NCc1cccc(NC(=O)N2CCCC2)c1)N(C)Cc1ccc(OC)cc1.I. The third kappa shape index (κ3) is 7.30. The number of urea groups is 1. The molecule has 1 aliphatic rings. The Morgan fingerprint density at radius 2 is 1.84 bits per heavy atom. The molecule has 3 rings (SSSR count). The number of aliphatic imine (C=N–C) groups is 1. The highest BCUT2D eigenvalue weighted by molar-refractivity contribution is 14.0. The molecule has 1 saturated heterocycles. The van der Waals surface area contributed by atoms with Crippen molar-refractivity contribution in [3.05, 3.63) is 59.7 Å². The predicted molar refractivity (Wildman–Crippen MR) is 136 cm³/mol. The quantitative estimate of drug-likeness (QED) is 0.330. The lowest BCUT2D eigenvalue weighted by Gasteiger charge is -2.22. The zero-order valence-corrected chi connectivity index (χ0v) is 20.8. The molecule has 2 amide bonds. The Balaban J connectivity index is 0.00000341. The van der Waals surface area contributed by atoms with Crippen LogP contribution in [0.3, 0.4) is 0 Å². The van der Waals surface area contributed by atoms with Gasteiger partial charge >= 0.3 is 6.03 Å². The topological polar surface area (TPSA) is 69.2 Å². The number of ether oxygens (including phenoxy) is 1. The Morgan fingerprint density at radius 1 is 1.13 bits per heavy atom. The van der Waals surface area contributed by atoms with Crippen LogP contribution in [0.4, 0.5) is 10.5 Å². The first-order chi connectivity index (χ1) is 14.6. The van der Waals surface area contributed by atoms with Crippen molar-refractivity contribution in [2.45, 2.75) is 25.9 Å². The number of anilines is 1. The number of amides is 2. The minimum atomic E-state index is -0.0207. The van der Waals surface area contributed by atoms with Gasteiger partial charge in [-0.15, -0.1) is 24.0 Å². The molecule has 0 radical (unpaired) electrons. The molecular formula is C23H32IN5O2. The third-order valence-corrected chi connectivity index (χ3v) is 5.17. The number of guanidine groups is 1. The molecule has 0 aromatic heterocycles. The Kier molecular flexibility index (Phi) is 9.90. The molecule has 1 aliphatic heterocycles. The van der Waals surface area contributed by atoms with Gasteiger partial charge < -0.3 is 25.2 Å². The van der Waals surface area contributed by atoms with E-state index in [9.17, 15) is 4.79 Å². The summed E-state index contributed by atoms with van der Waals surface area (Å²) in [6, 6.07) is 15.9. The zero-order valence-electron chi connectivity index (χ0n) is 18.4. The second-order valence-electron chi connectivity index (χ2n) is 7.43. The van der Waals surface area contributed by atoms with Gasteiger partial charge in [-0.05, 0) is 48.2 Å². The van der Waals surface area contributed by atoms with Crippen LogP contribution in [0.25, 0.3) is 0 Å². The largest absolute Gasteiger partial charge is 0.497 e. The van der Waals surface area contributed by atoms with Gasteiger partial charge in [0.2, 0.25) is 0 Å². The summed E-state index contributed by atoms with van der Waals surface area (Å²) >= 11 is 0. The van der Waals surface area contributed by atoms with E-state index in [4.69, 9.17) is 4.74 Å². The number of hydrogen-bond donors (Lipinski definition) is 2.